The molecule has 0 aromatic rings. The van der Waals surface area contributed by atoms with E-state index < -0.39 is 0 Å². The number of rotatable bonds is 2. The normalized spacial score (nSPS) is 27.2. The van der Waals surface area contributed by atoms with Crippen LogP contribution in [0.1, 0.15) is 25.7 Å². The van der Waals surface area contributed by atoms with Gasteiger partial charge in [-0.1, -0.05) is 15.9 Å². The molecule has 0 bridgehead atoms. The van der Waals surface area contributed by atoms with E-state index >= 15 is 0 Å². The molecule has 1 rings (SSSR count). The van der Waals surface area contributed by atoms with Crippen molar-refractivity contribution in [3.05, 3.63) is 0 Å². The van der Waals surface area contributed by atoms with Gasteiger partial charge in [0.2, 0.25) is 0 Å². The average molecular weight is 191 g/mol. The SMILES string of the molecule is O=C1CCC(CCBr)C1. The highest BCUT2D eigenvalue weighted by Gasteiger charge is 2.20. The third-order valence-electron chi connectivity index (χ3n) is 1.87. The number of carbonyl (C=O) groups is 1. The Morgan fingerprint density at radius 3 is 2.89 bits per heavy atom. The Kier molecular flexibility index (Phi) is 2.70. The molecule has 2 heteroatoms. The molecule has 1 fully saturated rings. The Labute approximate surface area is 64.0 Å². The smallest absolute Gasteiger partial charge is 0.133 e. The molecule has 1 aliphatic rings. The van der Waals surface area contributed by atoms with Crippen LogP contribution in [0.15, 0.2) is 0 Å². The van der Waals surface area contributed by atoms with Gasteiger partial charge in [0.15, 0.2) is 0 Å². The fraction of sp³-hybridized carbons (Fsp3) is 0.857. The highest BCUT2D eigenvalue weighted by Crippen LogP contribution is 2.25. The van der Waals surface area contributed by atoms with Gasteiger partial charge in [-0.15, -0.1) is 0 Å². The molecule has 0 radical (unpaired) electrons. The lowest BCUT2D eigenvalue weighted by atomic mass is 10.1. The zero-order valence-corrected chi connectivity index (χ0v) is 6.99. The summed E-state index contributed by atoms with van der Waals surface area (Å²) in [5.74, 6) is 1.15. The maximum absolute atomic E-state index is 10.7. The number of carbonyl (C=O) groups excluding carboxylic acids is 1. The Hall–Kier alpha value is 0.150. The lowest BCUT2D eigenvalue weighted by molar-refractivity contribution is -0.117. The summed E-state index contributed by atoms with van der Waals surface area (Å²) in [6, 6.07) is 0. The lowest BCUT2D eigenvalue weighted by Gasteiger charge is -2.01. The minimum Gasteiger partial charge on any atom is -0.300 e. The molecule has 0 aromatic carbocycles. The van der Waals surface area contributed by atoms with Crippen molar-refractivity contribution >= 4 is 21.7 Å². The molecule has 9 heavy (non-hydrogen) atoms. The number of ketones is 1. The number of alkyl halides is 1. The number of halogens is 1. The van der Waals surface area contributed by atoms with Crippen LogP contribution in [0, 0.1) is 5.92 Å². The highest BCUT2D eigenvalue weighted by atomic mass is 79.9. The molecule has 52 valence electrons. The predicted molar refractivity (Wildman–Crippen MR) is 40.8 cm³/mol. The third kappa shape index (κ3) is 2.09. The van der Waals surface area contributed by atoms with Gasteiger partial charge in [-0.05, 0) is 18.8 Å². The van der Waals surface area contributed by atoms with Gasteiger partial charge in [0.1, 0.15) is 5.78 Å². The second-order valence-electron chi connectivity index (χ2n) is 2.63. The van der Waals surface area contributed by atoms with Crippen molar-refractivity contribution in [1.29, 1.82) is 0 Å². The van der Waals surface area contributed by atoms with Crippen LogP contribution in [0.25, 0.3) is 0 Å². The Balaban J connectivity index is 2.22. The topological polar surface area (TPSA) is 17.1 Å². The van der Waals surface area contributed by atoms with Crippen molar-refractivity contribution in [2.45, 2.75) is 25.7 Å². The van der Waals surface area contributed by atoms with E-state index in [9.17, 15) is 4.79 Å². The molecule has 0 spiro atoms. The van der Waals surface area contributed by atoms with Crippen molar-refractivity contribution in [3.8, 4) is 0 Å². The molecule has 1 aliphatic carbocycles. The molecule has 1 nitrogen and oxygen atoms in total. The highest BCUT2D eigenvalue weighted by molar-refractivity contribution is 9.09. The van der Waals surface area contributed by atoms with Crippen LogP contribution in [-0.4, -0.2) is 11.1 Å². The molecule has 0 aromatic heterocycles. The number of Topliss-reactive ketones (excluding diaryl/α,β-unsaturated/α-hetero) is 1. The molecule has 0 aliphatic heterocycles. The summed E-state index contributed by atoms with van der Waals surface area (Å²) in [4.78, 5) is 10.7. The number of hydrogen-bond donors (Lipinski definition) is 0. The summed E-state index contributed by atoms with van der Waals surface area (Å²) >= 11 is 3.37. The minimum absolute atomic E-state index is 0.459. The monoisotopic (exact) mass is 190 g/mol. The Morgan fingerprint density at radius 1 is 1.67 bits per heavy atom. The van der Waals surface area contributed by atoms with Crippen molar-refractivity contribution in [2.24, 2.45) is 5.92 Å². The van der Waals surface area contributed by atoms with E-state index in [1.54, 1.807) is 0 Å². The molecule has 1 atom stereocenters. The van der Waals surface area contributed by atoms with Gasteiger partial charge in [-0.3, -0.25) is 4.79 Å². The molecule has 1 saturated carbocycles. The Morgan fingerprint density at radius 2 is 2.44 bits per heavy atom. The lowest BCUT2D eigenvalue weighted by Crippen LogP contribution is -1.94. The zero-order chi connectivity index (χ0) is 6.69. The van der Waals surface area contributed by atoms with Crippen LogP contribution in [0.3, 0.4) is 0 Å². The first kappa shape index (κ1) is 7.26. The summed E-state index contributed by atoms with van der Waals surface area (Å²) in [7, 11) is 0. The summed E-state index contributed by atoms with van der Waals surface area (Å²) in [5.41, 5.74) is 0. The van der Waals surface area contributed by atoms with Gasteiger partial charge in [-0.25, -0.2) is 0 Å². The molecule has 0 saturated heterocycles. The van der Waals surface area contributed by atoms with Crippen molar-refractivity contribution < 1.29 is 4.79 Å². The predicted octanol–water partition coefficient (Wildman–Crippen LogP) is 2.14. The summed E-state index contributed by atoms with van der Waals surface area (Å²) in [5, 5.41) is 1.05. The van der Waals surface area contributed by atoms with Crippen molar-refractivity contribution in [2.75, 3.05) is 5.33 Å². The summed E-state index contributed by atoms with van der Waals surface area (Å²) < 4.78 is 0. The zero-order valence-electron chi connectivity index (χ0n) is 5.40. The van der Waals surface area contributed by atoms with E-state index in [1.807, 2.05) is 0 Å². The molecule has 0 N–H and O–H groups in total. The Bertz CT molecular complexity index is 111. The van der Waals surface area contributed by atoms with Gasteiger partial charge in [0.05, 0.1) is 0 Å². The maximum Gasteiger partial charge on any atom is 0.133 e. The van der Waals surface area contributed by atoms with Crippen LogP contribution >= 0.6 is 15.9 Å². The van der Waals surface area contributed by atoms with E-state index in [4.69, 9.17) is 0 Å². The van der Waals surface area contributed by atoms with Crippen LogP contribution in [0.2, 0.25) is 0 Å². The van der Waals surface area contributed by atoms with Crippen LogP contribution < -0.4 is 0 Å². The van der Waals surface area contributed by atoms with Crippen LogP contribution in [0.5, 0.6) is 0 Å². The first-order valence-corrected chi connectivity index (χ1v) is 4.52. The van der Waals surface area contributed by atoms with Crippen LogP contribution in [-0.2, 0) is 4.79 Å². The van der Waals surface area contributed by atoms with Gasteiger partial charge < -0.3 is 0 Å². The van der Waals surface area contributed by atoms with Gasteiger partial charge >= 0.3 is 0 Å². The largest absolute Gasteiger partial charge is 0.300 e. The second kappa shape index (κ2) is 3.35. The fourth-order valence-corrected chi connectivity index (χ4v) is 1.94. The fourth-order valence-electron chi connectivity index (χ4n) is 1.29. The average Bonchev–Trinajstić information content (AvgIpc) is 2.17. The molecule has 0 heterocycles. The van der Waals surface area contributed by atoms with Gasteiger partial charge in [0, 0.05) is 18.2 Å². The second-order valence-corrected chi connectivity index (χ2v) is 3.42. The summed E-state index contributed by atoms with van der Waals surface area (Å²) in [6.45, 7) is 0. The first-order chi connectivity index (χ1) is 4.33. The quantitative estimate of drug-likeness (QED) is 0.611. The van der Waals surface area contributed by atoms with Gasteiger partial charge in [0.25, 0.3) is 0 Å². The molecular weight excluding hydrogens is 180 g/mol. The first-order valence-electron chi connectivity index (χ1n) is 3.40. The van der Waals surface area contributed by atoms with E-state index in [0.717, 1.165) is 24.6 Å². The van der Waals surface area contributed by atoms with Gasteiger partial charge in [-0.2, -0.15) is 0 Å². The summed E-state index contributed by atoms with van der Waals surface area (Å²) in [6.07, 6.45) is 3.97. The van der Waals surface area contributed by atoms with E-state index in [2.05, 4.69) is 15.9 Å². The minimum atomic E-state index is 0.459. The molecular formula is C7H11BrO. The maximum atomic E-state index is 10.7. The van der Waals surface area contributed by atoms with Crippen molar-refractivity contribution in [3.63, 3.8) is 0 Å². The van der Waals surface area contributed by atoms with E-state index in [0.29, 0.717) is 11.7 Å². The standard InChI is InChI=1S/C7H11BrO/c8-4-3-6-1-2-7(9)5-6/h6H,1-5H2. The van der Waals surface area contributed by atoms with Crippen LogP contribution in [0.4, 0.5) is 0 Å². The van der Waals surface area contributed by atoms with Crippen molar-refractivity contribution in [1.82, 2.24) is 0 Å². The molecule has 0 amide bonds. The van der Waals surface area contributed by atoms with E-state index in [1.165, 1.54) is 6.42 Å². The molecule has 1 unspecified atom stereocenters. The number of hydrogen-bond acceptors (Lipinski definition) is 1. The third-order valence-corrected chi connectivity index (χ3v) is 2.32. The van der Waals surface area contributed by atoms with E-state index in [-0.39, 0.29) is 0 Å².